The van der Waals surface area contributed by atoms with Gasteiger partial charge in [0, 0.05) is 12.1 Å². The third kappa shape index (κ3) is 3.62. The van der Waals surface area contributed by atoms with E-state index in [9.17, 15) is 4.39 Å². The zero-order valence-electron chi connectivity index (χ0n) is 11.0. The molecule has 0 bridgehead atoms. The summed E-state index contributed by atoms with van der Waals surface area (Å²) in [5.74, 6) is 0.340. The van der Waals surface area contributed by atoms with E-state index in [1.165, 1.54) is 57.1 Å². The van der Waals surface area contributed by atoms with Gasteiger partial charge in [0.1, 0.15) is 11.6 Å². The Kier molecular flexibility index (Phi) is 4.85. The summed E-state index contributed by atoms with van der Waals surface area (Å²) < 4.78 is 18.3. The van der Waals surface area contributed by atoms with E-state index in [1.807, 2.05) is 0 Å². The zero-order valence-corrected chi connectivity index (χ0v) is 11.0. The molecule has 1 aliphatic rings. The van der Waals surface area contributed by atoms with Crippen molar-refractivity contribution in [1.29, 1.82) is 0 Å². The third-order valence-corrected chi connectivity index (χ3v) is 3.63. The molecule has 0 radical (unpaired) electrons. The second kappa shape index (κ2) is 6.62. The fourth-order valence-corrected chi connectivity index (χ4v) is 2.60. The largest absolute Gasteiger partial charge is 0.494 e. The molecule has 1 saturated carbocycles. The summed E-state index contributed by atoms with van der Waals surface area (Å²) in [4.78, 5) is 0. The number of hydrogen-bond acceptors (Lipinski definition) is 2. The molecule has 3 heteroatoms. The molecule has 0 spiro atoms. The summed E-state index contributed by atoms with van der Waals surface area (Å²) in [7, 11) is 1.58. The van der Waals surface area contributed by atoms with Crippen LogP contribution in [-0.4, -0.2) is 13.2 Å². The molecule has 1 fully saturated rings. The van der Waals surface area contributed by atoms with Gasteiger partial charge in [-0.3, -0.25) is 0 Å². The predicted molar refractivity (Wildman–Crippen MR) is 72.7 cm³/mol. The van der Waals surface area contributed by atoms with E-state index >= 15 is 0 Å². The average molecular weight is 251 g/mol. The second-order valence-electron chi connectivity index (χ2n) is 5.03. The molecule has 1 aliphatic carbocycles. The number of benzene rings is 1. The fraction of sp³-hybridized carbons (Fsp3) is 0.600. The monoisotopic (exact) mass is 251 g/mol. The lowest BCUT2D eigenvalue weighted by Crippen LogP contribution is -2.20. The molecular weight excluding hydrogens is 229 g/mol. The Morgan fingerprint density at radius 2 is 1.78 bits per heavy atom. The second-order valence-corrected chi connectivity index (χ2v) is 5.03. The maximum Gasteiger partial charge on any atom is 0.144 e. The molecule has 0 heterocycles. The minimum absolute atomic E-state index is 0.255. The molecule has 18 heavy (non-hydrogen) atoms. The van der Waals surface area contributed by atoms with E-state index in [1.54, 1.807) is 13.2 Å². The van der Waals surface area contributed by atoms with Crippen LogP contribution in [0.5, 0.6) is 5.75 Å². The minimum atomic E-state index is -0.255. The number of methoxy groups -OCH3 is 1. The van der Waals surface area contributed by atoms with E-state index in [4.69, 9.17) is 4.74 Å². The summed E-state index contributed by atoms with van der Waals surface area (Å²) in [5.41, 5.74) is 0.907. The summed E-state index contributed by atoms with van der Waals surface area (Å²) in [6.07, 6.45) is 8.98. The van der Waals surface area contributed by atoms with Gasteiger partial charge in [0.2, 0.25) is 0 Å². The van der Waals surface area contributed by atoms with Crippen molar-refractivity contribution < 1.29 is 9.13 Å². The molecule has 0 saturated heterocycles. The Labute approximate surface area is 109 Å². The van der Waals surface area contributed by atoms with E-state index in [-0.39, 0.29) is 5.82 Å². The lowest BCUT2D eigenvalue weighted by Gasteiger charge is -2.23. The van der Waals surface area contributed by atoms with Crippen molar-refractivity contribution in [3.8, 4) is 5.75 Å². The van der Waals surface area contributed by atoms with Crippen LogP contribution in [0.25, 0.3) is 0 Å². The molecule has 100 valence electrons. The molecule has 0 atom stereocenters. The van der Waals surface area contributed by atoms with Crippen LogP contribution >= 0.6 is 0 Å². The van der Waals surface area contributed by atoms with Gasteiger partial charge in [-0.1, -0.05) is 32.1 Å². The van der Waals surface area contributed by atoms with Gasteiger partial charge < -0.3 is 10.1 Å². The first-order valence-electron chi connectivity index (χ1n) is 6.89. The standard InChI is InChI=1S/C15H22FNO/c1-18-15-11-12(16)9-10-14(15)17-13-7-5-3-2-4-6-8-13/h9-11,13,17H,2-8H2,1H3. The fourth-order valence-electron chi connectivity index (χ4n) is 2.60. The normalized spacial score (nSPS) is 17.9. The first-order chi connectivity index (χ1) is 8.79. The number of rotatable bonds is 3. The number of anilines is 1. The number of nitrogens with one attached hydrogen (secondary N) is 1. The van der Waals surface area contributed by atoms with Crippen molar-refractivity contribution in [2.75, 3.05) is 12.4 Å². The molecule has 1 N–H and O–H groups in total. The molecule has 0 aliphatic heterocycles. The van der Waals surface area contributed by atoms with Crippen molar-refractivity contribution in [2.45, 2.75) is 51.0 Å². The van der Waals surface area contributed by atoms with Crippen molar-refractivity contribution in [3.63, 3.8) is 0 Å². The molecule has 2 rings (SSSR count). The van der Waals surface area contributed by atoms with Crippen LogP contribution in [-0.2, 0) is 0 Å². The van der Waals surface area contributed by atoms with Crippen molar-refractivity contribution in [1.82, 2.24) is 0 Å². The lowest BCUT2D eigenvalue weighted by molar-refractivity contribution is 0.410. The Morgan fingerprint density at radius 3 is 2.44 bits per heavy atom. The Balaban J connectivity index is 2.02. The first kappa shape index (κ1) is 13.2. The SMILES string of the molecule is COc1cc(F)ccc1NC1CCCCCCC1. The zero-order chi connectivity index (χ0) is 12.8. The van der Waals surface area contributed by atoms with Gasteiger partial charge in [0.15, 0.2) is 0 Å². The minimum Gasteiger partial charge on any atom is -0.494 e. The lowest BCUT2D eigenvalue weighted by atomic mass is 9.96. The number of hydrogen-bond donors (Lipinski definition) is 1. The van der Waals surface area contributed by atoms with E-state index < -0.39 is 0 Å². The highest BCUT2D eigenvalue weighted by molar-refractivity contribution is 5.57. The van der Waals surface area contributed by atoms with Gasteiger partial charge in [-0.15, -0.1) is 0 Å². The first-order valence-corrected chi connectivity index (χ1v) is 6.89. The highest BCUT2D eigenvalue weighted by Crippen LogP contribution is 2.28. The van der Waals surface area contributed by atoms with Gasteiger partial charge in [0.05, 0.1) is 12.8 Å². The predicted octanol–water partition coefficient (Wildman–Crippen LogP) is 4.36. The van der Waals surface area contributed by atoms with Gasteiger partial charge in [-0.25, -0.2) is 4.39 Å². The van der Waals surface area contributed by atoms with Gasteiger partial charge in [0.25, 0.3) is 0 Å². The van der Waals surface area contributed by atoms with Crippen molar-refractivity contribution in [2.24, 2.45) is 0 Å². The van der Waals surface area contributed by atoms with Crippen LogP contribution in [0.15, 0.2) is 18.2 Å². The van der Waals surface area contributed by atoms with Crippen molar-refractivity contribution in [3.05, 3.63) is 24.0 Å². The molecule has 0 aromatic heterocycles. The Morgan fingerprint density at radius 1 is 1.11 bits per heavy atom. The Bertz CT molecular complexity index is 373. The van der Waals surface area contributed by atoms with Gasteiger partial charge in [-0.05, 0) is 25.0 Å². The van der Waals surface area contributed by atoms with Crippen LogP contribution in [0.2, 0.25) is 0 Å². The van der Waals surface area contributed by atoms with Crippen LogP contribution in [0.1, 0.15) is 44.9 Å². The molecule has 0 unspecified atom stereocenters. The number of ether oxygens (including phenoxy) is 1. The maximum absolute atomic E-state index is 13.1. The molecule has 0 amide bonds. The molecule has 1 aromatic carbocycles. The summed E-state index contributed by atoms with van der Waals surface area (Å²) in [6, 6.07) is 5.18. The highest BCUT2D eigenvalue weighted by Gasteiger charge is 2.13. The van der Waals surface area contributed by atoms with E-state index in [0.717, 1.165) is 5.69 Å². The van der Waals surface area contributed by atoms with Gasteiger partial charge >= 0.3 is 0 Å². The summed E-state index contributed by atoms with van der Waals surface area (Å²) in [6.45, 7) is 0. The summed E-state index contributed by atoms with van der Waals surface area (Å²) in [5, 5.41) is 3.50. The molecule has 1 aromatic rings. The van der Waals surface area contributed by atoms with Crippen molar-refractivity contribution >= 4 is 5.69 Å². The molecule has 2 nitrogen and oxygen atoms in total. The summed E-state index contributed by atoms with van der Waals surface area (Å²) >= 11 is 0. The van der Waals surface area contributed by atoms with Gasteiger partial charge in [-0.2, -0.15) is 0 Å². The molecular formula is C15H22FNO. The van der Waals surface area contributed by atoms with Crippen LogP contribution in [0.4, 0.5) is 10.1 Å². The quantitative estimate of drug-likeness (QED) is 0.861. The van der Waals surface area contributed by atoms with E-state index in [2.05, 4.69) is 5.32 Å². The highest BCUT2D eigenvalue weighted by atomic mass is 19.1. The number of halogens is 1. The average Bonchev–Trinajstić information content (AvgIpc) is 2.34. The maximum atomic E-state index is 13.1. The Hall–Kier alpha value is -1.25. The van der Waals surface area contributed by atoms with Crippen LogP contribution < -0.4 is 10.1 Å². The third-order valence-electron chi connectivity index (χ3n) is 3.63. The van der Waals surface area contributed by atoms with E-state index in [0.29, 0.717) is 11.8 Å². The van der Waals surface area contributed by atoms with Crippen LogP contribution in [0.3, 0.4) is 0 Å². The topological polar surface area (TPSA) is 21.3 Å². The van der Waals surface area contributed by atoms with Crippen LogP contribution in [0, 0.1) is 5.82 Å². The smallest absolute Gasteiger partial charge is 0.144 e.